The van der Waals surface area contributed by atoms with E-state index in [4.69, 9.17) is 9.47 Å². The molecule has 1 heterocycles. The van der Waals surface area contributed by atoms with Crippen LogP contribution in [0, 0.1) is 0 Å². The molecule has 2 rings (SSSR count). The van der Waals surface area contributed by atoms with Gasteiger partial charge in [-0.05, 0) is 45.9 Å². The van der Waals surface area contributed by atoms with Gasteiger partial charge in [0.2, 0.25) is 0 Å². The molecule has 22 heavy (non-hydrogen) atoms. The van der Waals surface area contributed by atoms with E-state index in [0.717, 1.165) is 4.90 Å². The monoisotopic (exact) mass is 307 g/mol. The van der Waals surface area contributed by atoms with Gasteiger partial charge in [0.1, 0.15) is 13.2 Å². The van der Waals surface area contributed by atoms with Crippen molar-refractivity contribution in [3.05, 3.63) is 23.8 Å². The molecule has 1 atom stereocenters. The van der Waals surface area contributed by atoms with Crippen LogP contribution in [0.4, 0.5) is 4.79 Å². The third-order valence-electron chi connectivity index (χ3n) is 3.52. The molecule has 1 aromatic carbocycles. The highest BCUT2D eigenvalue weighted by Gasteiger charge is 2.35. The Morgan fingerprint density at radius 2 is 1.77 bits per heavy atom. The summed E-state index contributed by atoms with van der Waals surface area (Å²) in [5.74, 6) is 0.845. The standard InChI is InChI=1S/C16H21NO5/c1-10(17(15(19)20)16(2,3)4)14(18)11-5-6-12-13(9-11)22-8-7-21-12/h5-6,9-10H,7-8H2,1-4H3,(H,19,20)/t10-/m0/s1. The lowest BCUT2D eigenvalue weighted by molar-refractivity contribution is 0.0588. The average Bonchev–Trinajstić information content (AvgIpc) is 2.44. The maximum absolute atomic E-state index is 12.6. The molecule has 120 valence electrons. The summed E-state index contributed by atoms with van der Waals surface area (Å²) >= 11 is 0. The highest BCUT2D eigenvalue weighted by molar-refractivity contribution is 6.01. The minimum absolute atomic E-state index is 0.269. The van der Waals surface area contributed by atoms with Gasteiger partial charge in [0.25, 0.3) is 0 Å². The van der Waals surface area contributed by atoms with Crippen LogP contribution in [-0.4, -0.2) is 46.7 Å². The van der Waals surface area contributed by atoms with E-state index in [1.165, 1.54) is 0 Å². The number of benzene rings is 1. The molecule has 1 aliphatic rings. The minimum atomic E-state index is -1.12. The van der Waals surface area contributed by atoms with Crippen molar-refractivity contribution in [1.82, 2.24) is 4.90 Å². The molecule has 0 aliphatic carbocycles. The molecule has 0 saturated carbocycles. The summed E-state index contributed by atoms with van der Waals surface area (Å²) in [7, 11) is 0. The molecule has 1 amide bonds. The number of carboxylic acid groups (broad SMARTS) is 1. The van der Waals surface area contributed by atoms with E-state index in [2.05, 4.69) is 0 Å². The Hall–Kier alpha value is -2.24. The van der Waals surface area contributed by atoms with Crippen LogP contribution in [0.1, 0.15) is 38.1 Å². The molecule has 0 saturated heterocycles. The summed E-state index contributed by atoms with van der Waals surface area (Å²) in [6.45, 7) is 7.79. The van der Waals surface area contributed by atoms with Gasteiger partial charge in [-0.3, -0.25) is 9.69 Å². The molecule has 0 aromatic heterocycles. The summed E-state index contributed by atoms with van der Waals surface area (Å²) in [6, 6.07) is 4.13. The van der Waals surface area contributed by atoms with Crippen molar-refractivity contribution in [2.45, 2.75) is 39.3 Å². The number of fused-ring (bicyclic) bond motifs is 1. The topological polar surface area (TPSA) is 76.1 Å². The quantitative estimate of drug-likeness (QED) is 0.869. The zero-order valence-corrected chi connectivity index (χ0v) is 13.3. The number of ketones is 1. The predicted molar refractivity (Wildman–Crippen MR) is 80.8 cm³/mol. The molecule has 1 aliphatic heterocycles. The average molecular weight is 307 g/mol. The first kappa shape index (κ1) is 16.1. The Morgan fingerprint density at radius 3 is 2.32 bits per heavy atom. The molecule has 6 heteroatoms. The van der Waals surface area contributed by atoms with Crippen LogP contribution in [0.15, 0.2) is 18.2 Å². The molecular weight excluding hydrogens is 286 g/mol. The molecule has 0 bridgehead atoms. The van der Waals surface area contributed by atoms with E-state index < -0.39 is 17.7 Å². The molecule has 0 unspecified atom stereocenters. The van der Waals surface area contributed by atoms with Crippen LogP contribution in [-0.2, 0) is 0 Å². The van der Waals surface area contributed by atoms with Crippen molar-refractivity contribution in [2.75, 3.05) is 13.2 Å². The fraction of sp³-hybridized carbons (Fsp3) is 0.500. The molecule has 6 nitrogen and oxygen atoms in total. The fourth-order valence-corrected chi connectivity index (χ4v) is 2.59. The van der Waals surface area contributed by atoms with Crippen molar-refractivity contribution < 1.29 is 24.2 Å². The van der Waals surface area contributed by atoms with Gasteiger partial charge in [-0.25, -0.2) is 4.79 Å². The lowest BCUT2D eigenvalue weighted by atomic mass is 9.98. The summed E-state index contributed by atoms with van der Waals surface area (Å²) < 4.78 is 10.9. The van der Waals surface area contributed by atoms with Crippen LogP contribution in [0.25, 0.3) is 0 Å². The van der Waals surface area contributed by atoms with Crippen LogP contribution in [0.5, 0.6) is 11.5 Å². The third kappa shape index (κ3) is 3.16. The second kappa shape index (κ2) is 5.87. The number of hydrogen-bond donors (Lipinski definition) is 1. The number of ether oxygens (including phenoxy) is 2. The Bertz CT molecular complexity index is 591. The molecule has 0 radical (unpaired) electrons. The van der Waals surface area contributed by atoms with E-state index >= 15 is 0 Å². The van der Waals surface area contributed by atoms with Gasteiger partial charge in [0.15, 0.2) is 17.3 Å². The van der Waals surface area contributed by atoms with Crippen molar-refractivity contribution in [3.8, 4) is 11.5 Å². The Balaban J connectivity index is 2.28. The lowest BCUT2D eigenvalue weighted by Gasteiger charge is -2.37. The SMILES string of the molecule is C[C@@H](C(=O)c1ccc2c(c1)OCCO2)N(C(=O)O)C(C)(C)C. The first-order valence-corrected chi connectivity index (χ1v) is 7.18. The molecule has 0 spiro atoms. The number of nitrogens with zero attached hydrogens (tertiary/aromatic N) is 1. The van der Waals surface area contributed by atoms with Gasteiger partial charge in [0, 0.05) is 11.1 Å². The van der Waals surface area contributed by atoms with Crippen molar-refractivity contribution in [1.29, 1.82) is 0 Å². The summed E-state index contributed by atoms with van der Waals surface area (Å²) in [4.78, 5) is 25.3. The number of carbonyl (C=O) groups is 2. The van der Waals surface area contributed by atoms with Gasteiger partial charge in [0.05, 0.1) is 6.04 Å². The normalized spacial score (nSPS) is 15.1. The summed E-state index contributed by atoms with van der Waals surface area (Å²) in [5, 5.41) is 9.40. The van der Waals surface area contributed by atoms with Crippen molar-refractivity contribution >= 4 is 11.9 Å². The fourth-order valence-electron chi connectivity index (χ4n) is 2.59. The van der Waals surface area contributed by atoms with Gasteiger partial charge >= 0.3 is 6.09 Å². The van der Waals surface area contributed by atoms with Crippen LogP contribution < -0.4 is 9.47 Å². The Morgan fingerprint density at radius 1 is 1.18 bits per heavy atom. The van der Waals surface area contributed by atoms with Crippen LogP contribution >= 0.6 is 0 Å². The first-order valence-electron chi connectivity index (χ1n) is 7.18. The van der Waals surface area contributed by atoms with Crippen LogP contribution in [0.3, 0.4) is 0 Å². The van der Waals surface area contributed by atoms with Gasteiger partial charge < -0.3 is 14.6 Å². The van der Waals surface area contributed by atoms with Gasteiger partial charge in [-0.2, -0.15) is 0 Å². The van der Waals surface area contributed by atoms with Gasteiger partial charge in [-0.15, -0.1) is 0 Å². The second-order valence-electron chi connectivity index (χ2n) is 6.22. The maximum atomic E-state index is 12.6. The van der Waals surface area contributed by atoms with Crippen molar-refractivity contribution in [3.63, 3.8) is 0 Å². The Kier molecular flexibility index (Phi) is 4.30. The van der Waals surface area contributed by atoms with E-state index in [9.17, 15) is 14.7 Å². The largest absolute Gasteiger partial charge is 0.486 e. The minimum Gasteiger partial charge on any atom is -0.486 e. The number of rotatable bonds is 3. The zero-order chi connectivity index (χ0) is 16.5. The van der Waals surface area contributed by atoms with E-state index in [1.807, 2.05) is 0 Å². The summed E-state index contributed by atoms with van der Waals surface area (Å²) in [5.41, 5.74) is -0.262. The number of hydrogen-bond acceptors (Lipinski definition) is 4. The highest BCUT2D eigenvalue weighted by Crippen LogP contribution is 2.31. The second-order valence-corrected chi connectivity index (χ2v) is 6.22. The van der Waals surface area contributed by atoms with Crippen molar-refractivity contribution in [2.24, 2.45) is 0 Å². The van der Waals surface area contributed by atoms with Crippen LogP contribution in [0.2, 0.25) is 0 Å². The number of carbonyl (C=O) groups excluding carboxylic acids is 1. The predicted octanol–water partition coefficient (Wildman–Crippen LogP) is 2.81. The Labute approximate surface area is 129 Å². The van der Waals surface area contributed by atoms with E-state index in [0.29, 0.717) is 30.3 Å². The molecular formula is C16H21NO5. The number of Topliss-reactive ketones (excluding diaryl/α,β-unsaturated/α-hetero) is 1. The molecule has 1 N–H and O–H groups in total. The summed E-state index contributed by atoms with van der Waals surface area (Å²) in [6.07, 6.45) is -1.12. The smallest absolute Gasteiger partial charge is 0.408 e. The maximum Gasteiger partial charge on any atom is 0.408 e. The zero-order valence-electron chi connectivity index (χ0n) is 13.3. The molecule has 1 aromatic rings. The lowest BCUT2D eigenvalue weighted by Crippen LogP contribution is -2.52. The third-order valence-corrected chi connectivity index (χ3v) is 3.52. The van der Waals surface area contributed by atoms with E-state index in [-0.39, 0.29) is 5.78 Å². The molecule has 0 fully saturated rings. The van der Waals surface area contributed by atoms with E-state index in [1.54, 1.807) is 45.9 Å². The first-order chi connectivity index (χ1) is 10.2. The number of amides is 1. The van der Waals surface area contributed by atoms with Gasteiger partial charge in [-0.1, -0.05) is 0 Å². The highest BCUT2D eigenvalue weighted by atomic mass is 16.6.